The van der Waals surface area contributed by atoms with Crippen LogP contribution in [-0.2, 0) is 13.1 Å². The number of nitrogens with zero attached hydrogens (tertiary/aromatic N) is 5. The van der Waals surface area contributed by atoms with Crippen LogP contribution in [0.5, 0.6) is 0 Å². The molecule has 4 heterocycles. The van der Waals surface area contributed by atoms with Crippen molar-refractivity contribution in [1.29, 1.82) is 0 Å². The molecule has 6 rings (SSSR count). The molecule has 6 nitrogen and oxygen atoms in total. The third-order valence-electron chi connectivity index (χ3n) is 5.69. The van der Waals surface area contributed by atoms with E-state index in [0.29, 0.717) is 13.1 Å². The molecule has 0 radical (unpaired) electrons. The summed E-state index contributed by atoms with van der Waals surface area (Å²) in [6.45, 7) is 3.34. The largest absolute Gasteiger partial charge is 0.339 e. The first-order valence-corrected chi connectivity index (χ1v) is 10.3. The second kappa shape index (κ2) is 7.02. The summed E-state index contributed by atoms with van der Waals surface area (Å²) >= 11 is 0. The highest BCUT2D eigenvalue weighted by molar-refractivity contribution is 6.09. The highest BCUT2D eigenvalue weighted by Crippen LogP contribution is 2.25. The molecule has 0 bridgehead atoms. The smallest absolute Gasteiger partial charge is 0.152 e. The van der Waals surface area contributed by atoms with Gasteiger partial charge >= 0.3 is 0 Å². The van der Waals surface area contributed by atoms with Crippen molar-refractivity contribution in [3.8, 4) is 0 Å². The Morgan fingerprint density at radius 2 is 1.94 bits per heavy atom. The third-order valence-corrected chi connectivity index (χ3v) is 5.69. The number of hydrogen-bond acceptors (Lipinski definition) is 5. The number of fused-ring (bicyclic) bond motifs is 3. The Kier molecular flexibility index (Phi) is 4.02. The number of anilines is 1. The lowest BCUT2D eigenvalue weighted by Crippen LogP contribution is -2.13. The van der Waals surface area contributed by atoms with E-state index in [2.05, 4.69) is 57.8 Å². The van der Waals surface area contributed by atoms with Crippen LogP contribution in [0.1, 0.15) is 22.6 Å². The molecular formula is C25H20N6. The van der Waals surface area contributed by atoms with Gasteiger partial charge < -0.3 is 5.32 Å². The molecule has 2 aromatic carbocycles. The molecule has 31 heavy (non-hydrogen) atoms. The van der Waals surface area contributed by atoms with Gasteiger partial charge in [0.05, 0.1) is 35.5 Å². The van der Waals surface area contributed by atoms with E-state index in [-0.39, 0.29) is 0 Å². The molecule has 1 N–H and O–H groups in total. The maximum atomic E-state index is 4.80. The van der Waals surface area contributed by atoms with Crippen LogP contribution in [0.25, 0.3) is 21.8 Å². The Bertz CT molecular complexity index is 1480. The SMILES string of the molecule is Cc1nn(Cc2ccc3ccccc3n2)c2ccc(NC3=NCc4cccnc43)cc12. The van der Waals surface area contributed by atoms with Gasteiger partial charge in [0.1, 0.15) is 5.69 Å². The van der Waals surface area contributed by atoms with E-state index in [1.165, 1.54) is 0 Å². The van der Waals surface area contributed by atoms with Crippen LogP contribution < -0.4 is 5.32 Å². The molecule has 150 valence electrons. The normalized spacial score (nSPS) is 12.9. The predicted octanol–water partition coefficient (Wildman–Crippen LogP) is 4.71. The fourth-order valence-corrected chi connectivity index (χ4v) is 4.14. The second-order valence-electron chi connectivity index (χ2n) is 7.77. The fourth-order valence-electron chi connectivity index (χ4n) is 4.14. The van der Waals surface area contributed by atoms with Crippen molar-refractivity contribution in [1.82, 2.24) is 19.7 Å². The Morgan fingerprint density at radius 3 is 2.90 bits per heavy atom. The van der Waals surface area contributed by atoms with Gasteiger partial charge in [0, 0.05) is 28.2 Å². The van der Waals surface area contributed by atoms with Crippen molar-refractivity contribution >= 4 is 33.3 Å². The zero-order valence-corrected chi connectivity index (χ0v) is 17.1. The molecular weight excluding hydrogens is 384 g/mol. The van der Waals surface area contributed by atoms with E-state index in [0.717, 1.165) is 56.0 Å². The summed E-state index contributed by atoms with van der Waals surface area (Å²) in [5.41, 5.74) is 7.14. The topological polar surface area (TPSA) is 68.0 Å². The quantitative estimate of drug-likeness (QED) is 0.473. The van der Waals surface area contributed by atoms with Gasteiger partial charge in [-0.25, -0.2) is 0 Å². The Labute approximate surface area is 179 Å². The maximum Gasteiger partial charge on any atom is 0.152 e. The molecule has 0 unspecified atom stereocenters. The number of para-hydroxylation sites is 1. The molecule has 0 saturated carbocycles. The van der Waals surface area contributed by atoms with Gasteiger partial charge in [-0.3, -0.25) is 19.6 Å². The highest BCUT2D eigenvalue weighted by Gasteiger charge is 2.17. The van der Waals surface area contributed by atoms with Gasteiger partial charge in [0.2, 0.25) is 0 Å². The summed E-state index contributed by atoms with van der Waals surface area (Å²) in [6, 6.07) is 22.7. The number of nitrogens with one attached hydrogen (secondary N) is 1. The second-order valence-corrected chi connectivity index (χ2v) is 7.77. The van der Waals surface area contributed by atoms with Gasteiger partial charge in [-0.05, 0) is 43.3 Å². The molecule has 1 aliphatic rings. The van der Waals surface area contributed by atoms with E-state index >= 15 is 0 Å². The Balaban J connectivity index is 1.31. The van der Waals surface area contributed by atoms with E-state index in [1.54, 1.807) is 6.20 Å². The first kappa shape index (κ1) is 17.8. The minimum absolute atomic E-state index is 0.631. The van der Waals surface area contributed by atoms with Crippen molar-refractivity contribution in [2.24, 2.45) is 4.99 Å². The van der Waals surface area contributed by atoms with Crippen LogP contribution >= 0.6 is 0 Å². The van der Waals surface area contributed by atoms with Crippen molar-refractivity contribution in [3.05, 3.63) is 95.6 Å². The Hall–Kier alpha value is -4.06. The summed E-state index contributed by atoms with van der Waals surface area (Å²) in [7, 11) is 0. The molecule has 0 atom stereocenters. The maximum absolute atomic E-state index is 4.80. The summed E-state index contributed by atoms with van der Waals surface area (Å²) in [4.78, 5) is 13.9. The standard InChI is InChI=1S/C25H20N6/c1-16-21-13-19(29-25-24-18(14-27-25)6-4-12-26-24)10-11-23(21)31(30-16)15-20-9-8-17-5-2-3-7-22(17)28-20/h2-13H,14-15H2,1H3,(H,27,29). The number of rotatable bonds is 3. The zero-order valence-electron chi connectivity index (χ0n) is 17.1. The minimum atomic E-state index is 0.631. The molecule has 1 aliphatic heterocycles. The average molecular weight is 404 g/mol. The number of aryl methyl sites for hydroxylation is 1. The van der Waals surface area contributed by atoms with Crippen LogP contribution in [-0.4, -0.2) is 25.6 Å². The van der Waals surface area contributed by atoms with Gasteiger partial charge in [-0.2, -0.15) is 5.10 Å². The van der Waals surface area contributed by atoms with Crippen molar-refractivity contribution in [2.75, 3.05) is 5.32 Å². The Morgan fingerprint density at radius 1 is 1.00 bits per heavy atom. The molecule has 0 amide bonds. The fraction of sp³-hybridized carbons (Fsp3) is 0.120. The van der Waals surface area contributed by atoms with Crippen LogP contribution in [0.4, 0.5) is 5.69 Å². The summed E-state index contributed by atoms with van der Waals surface area (Å²) in [5.74, 6) is 0.820. The third kappa shape index (κ3) is 3.13. The van der Waals surface area contributed by atoms with E-state index in [9.17, 15) is 0 Å². The first-order chi connectivity index (χ1) is 15.2. The summed E-state index contributed by atoms with van der Waals surface area (Å²) in [6.07, 6.45) is 1.81. The lowest BCUT2D eigenvalue weighted by atomic mass is 10.1. The summed E-state index contributed by atoms with van der Waals surface area (Å²) < 4.78 is 2.02. The van der Waals surface area contributed by atoms with Crippen molar-refractivity contribution < 1.29 is 0 Å². The van der Waals surface area contributed by atoms with E-state index < -0.39 is 0 Å². The number of pyridine rings is 2. The number of aliphatic imine (C=N–C) groups is 1. The van der Waals surface area contributed by atoms with Crippen molar-refractivity contribution in [3.63, 3.8) is 0 Å². The lowest BCUT2D eigenvalue weighted by Gasteiger charge is -2.08. The van der Waals surface area contributed by atoms with Crippen molar-refractivity contribution in [2.45, 2.75) is 20.0 Å². The van der Waals surface area contributed by atoms with Gasteiger partial charge in [-0.1, -0.05) is 30.3 Å². The predicted molar refractivity (Wildman–Crippen MR) is 123 cm³/mol. The first-order valence-electron chi connectivity index (χ1n) is 10.3. The lowest BCUT2D eigenvalue weighted by molar-refractivity contribution is 0.691. The van der Waals surface area contributed by atoms with Gasteiger partial charge in [0.25, 0.3) is 0 Å². The molecule has 0 saturated heterocycles. The number of aromatic nitrogens is 4. The monoisotopic (exact) mass is 404 g/mol. The number of amidine groups is 1. The van der Waals surface area contributed by atoms with Gasteiger partial charge in [0.15, 0.2) is 5.84 Å². The number of hydrogen-bond donors (Lipinski definition) is 1. The van der Waals surface area contributed by atoms with Crippen LogP contribution in [0, 0.1) is 6.92 Å². The number of benzene rings is 2. The molecule has 0 fully saturated rings. The molecule has 0 spiro atoms. The summed E-state index contributed by atoms with van der Waals surface area (Å²) in [5, 5.41) is 10.5. The molecule has 3 aromatic heterocycles. The average Bonchev–Trinajstić information content (AvgIpc) is 3.35. The highest BCUT2D eigenvalue weighted by atomic mass is 15.3. The van der Waals surface area contributed by atoms with Crippen LogP contribution in [0.15, 0.2) is 77.9 Å². The molecule has 0 aliphatic carbocycles. The van der Waals surface area contributed by atoms with Crippen LogP contribution in [0.3, 0.4) is 0 Å². The minimum Gasteiger partial charge on any atom is -0.339 e. The van der Waals surface area contributed by atoms with E-state index in [1.807, 2.05) is 35.9 Å². The van der Waals surface area contributed by atoms with Gasteiger partial charge in [-0.15, -0.1) is 0 Å². The van der Waals surface area contributed by atoms with Crippen LogP contribution in [0.2, 0.25) is 0 Å². The zero-order chi connectivity index (χ0) is 20.8. The van der Waals surface area contributed by atoms with E-state index in [4.69, 9.17) is 10.1 Å². The molecule has 5 aromatic rings. The molecule has 6 heteroatoms.